The van der Waals surface area contributed by atoms with Crippen molar-refractivity contribution in [2.24, 2.45) is 5.10 Å². The Hall–Kier alpha value is -2.44. The highest BCUT2D eigenvalue weighted by Crippen LogP contribution is 2.13. The molecule has 0 radical (unpaired) electrons. The maximum atomic E-state index is 12.0. The van der Waals surface area contributed by atoms with E-state index in [1.165, 1.54) is 0 Å². The van der Waals surface area contributed by atoms with Gasteiger partial charge in [0.05, 0.1) is 12.3 Å². The number of hydrazone groups is 1. The third-order valence-electron chi connectivity index (χ3n) is 2.61. The van der Waals surface area contributed by atoms with Gasteiger partial charge in [0.25, 0.3) is 0 Å². The maximum absolute atomic E-state index is 12.0. The fourth-order valence-corrected chi connectivity index (χ4v) is 1.68. The topological polar surface area (TPSA) is 89.9 Å². The molecule has 1 aromatic rings. The molecular weight excluding hydrogens is 262 g/mol. The lowest BCUT2D eigenvalue weighted by atomic mass is 10.1. The van der Waals surface area contributed by atoms with Crippen LogP contribution in [-0.2, 0) is 14.3 Å². The molecule has 7 heteroatoms. The van der Waals surface area contributed by atoms with Gasteiger partial charge in [0, 0.05) is 25.1 Å². The molecule has 1 N–H and O–H groups in total. The summed E-state index contributed by atoms with van der Waals surface area (Å²) in [5.41, 5.74) is 2.76. The van der Waals surface area contributed by atoms with Gasteiger partial charge < -0.3 is 9.47 Å². The molecule has 1 aromatic heterocycles. The van der Waals surface area contributed by atoms with E-state index in [9.17, 15) is 9.59 Å². The van der Waals surface area contributed by atoms with Crippen LogP contribution in [0.25, 0.3) is 0 Å². The van der Waals surface area contributed by atoms with Crippen molar-refractivity contribution in [2.45, 2.75) is 25.9 Å². The summed E-state index contributed by atoms with van der Waals surface area (Å²) >= 11 is 0. The second-order valence-electron chi connectivity index (χ2n) is 4.06. The Morgan fingerprint density at radius 3 is 2.90 bits per heavy atom. The Balaban J connectivity index is 2.16. The number of carbonyl (C=O) groups excluding carboxylic acids is 2. The summed E-state index contributed by atoms with van der Waals surface area (Å²) < 4.78 is 10.5. The standard InChI is InChI=1S/C13H15N3O4/c1-2-19-13(18)12(9-6-7-10(17)16-15-9)20-11-5-3-4-8-14-11/h3-5,8,12H,2,6-7H2,1H3,(H,16,17). The molecule has 1 atom stereocenters. The third-order valence-corrected chi connectivity index (χ3v) is 2.61. The Morgan fingerprint density at radius 1 is 1.45 bits per heavy atom. The number of nitrogens with one attached hydrogen (secondary N) is 1. The summed E-state index contributed by atoms with van der Waals surface area (Å²) in [6, 6.07) is 5.12. The van der Waals surface area contributed by atoms with Crippen LogP contribution in [0, 0.1) is 0 Å². The zero-order valence-electron chi connectivity index (χ0n) is 11.0. The summed E-state index contributed by atoms with van der Waals surface area (Å²) in [4.78, 5) is 27.1. The molecule has 1 aliphatic rings. The van der Waals surface area contributed by atoms with E-state index in [4.69, 9.17) is 9.47 Å². The number of hydrogen-bond donors (Lipinski definition) is 1. The predicted molar refractivity (Wildman–Crippen MR) is 70.1 cm³/mol. The number of esters is 1. The Labute approximate surface area is 116 Å². The number of rotatable bonds is 5. The second kappa shape index (κ2) is 6.65. The van der Waals surface area contributed by atoms with E-state index in [1.807, 2.05) is 0 Å². The van der Waals surface area contributed by atoms with Gasteiger partial charge in [-0.25, -0.2) is 15.2 Å². The van der Waals surface area contributed by atoms with Crippen LogP contribution in [0.5, 0.6) is 5.88 Å². The average Bonchev–Trinajstić information content (AvgIpc) is 2.47. The normalized spacial score (nSPS) is 15.8. The van der Waals surface area contributed by atoms with Crippen LogP contribution in [0.4, 0.5) is 0 Å². The van der Waals surface area contributed by atoms with Gasteiger partial charge in [-0.1, -0.05) is 6.07 Å². The molecule has 0 spiro atoms. The average molecular weight is 277 g/mol. The number of hydrogen-bond acceptors (Lipinski definition) is 6. The van der Waals surface area contributed by atoms with E-state index in [0.717, 1.165) is 0 Å². The van der Waals surface area contributed by atoms with E-state index in [2.05, 4.69) is 15.5 Å². The van der Waals surface area contributed by atoms with Gasteiger partial charge in [-0.2, -0.15) is 5.10 Å². The highest BCUT2D eigenvalue weighted by molar-refractivity contribution is 6.07. The quantitative estimate of drug-likeness (QED) is 0.798. The lowest BCUT2D eigenvalue weighted by Crippen LogP contribution is -2.41. The summed E-state index contributed by atoms with van der Waals surface area (Å²) in [5, 5.41) is 3.87. The van der Waals surface area contributed by atoms with Gasteiger partial charge in [-0.3, -0.25) is 4.79 Å². The van der Waals surface area contributed by atoms with Crippen LogP contribution >= 0.6 is 0 Å². The van der Waals surface area contributed by atoms with E-state index in [0.29, 0.717) is 18.0 Å². The van der Waals surface area contributed by atoms with Crippen molar-refractivity contribution >= 4 is 17.6 Å². The first-order chi connectivity index (χ1) is 9.70. The van der Waals surface area contributed by atoms with Crippen molar-refractivity contribution in [2.75, 3.05) is 6.61 Å². The molecule has 1 unspecified atom stereocenters. The van der Waals surface area contributed by atoms with E-state index >= 15 is 0 Å². The number of amides is 1. The Bertz CT molecular complexity index is 516. The molecule has 7 nitrogen and oxygen atoms in total. The predicted octanol–water partition coefficient (Wildman–Crippen LogP) is 0.658. The third kappa shape index (κ3) is 3.53. The number of carbonyl (C=O) groups is 2. The van der Waals surface area contributed by atoms with Gasteiger partial charge in [0.15, 0.2) is 0 Å². The highest BCUT2D eigenvalue weighted by atomic mass is 16.6. The molecule has 0 fully saturated rings. The number of pyridine rings is 1. The molecule has 2 heterocycles. The monoisotopic (exact) mass is 277 g/mol. The maximum Gasteiger partial charge on any atom is 0.353 e. The molecule has 0 saturated carbocycles. The molecular formula is C13H15N3O4. The van der Waals surface area contributed by atoms with Crippen molar-refractivity contribution in [3.63, 3.8) is 0 Å². The minimum absolute atomic E-state index is 0.186. The minimum atomic E-state index is -0.995. The zero-order chi connectivity index (χ0) is 14.4. The molecule has 20 heavy (non-hydrogen) atoms. The molecule has 1 amide bonds. The molecule has 0 saturated heterocycles. The Morgan fingerprint density at radius 2 is 2.30 bits per heavy atom. The summed E-state index contributed by atoms with van der Waals surface area (Å²) in [5.74, 6) is -0.438. The smallest absolute Gasteiger partial charge is 0.353 e. The van der Waals surface area contributed by atoms with Crippen molar-refractivity contribution in [3.05, 3.63) is 24.4 Å². The second-order valence-corrected chi connectivity index (χ2v) is 4.06. The molecule has 106 valence electrons. The number of ether oxygens (including phenoxy) is 2. The van der Waals surface area contributed by atoms with Gasteiger partial charge >= 0.3 is 5.97 Å². The van der Waals surface area contributed by atoms with Crippen LogP contribution in [0.2, 0.25) is 0 Å². The molecule has 0 aromatic carbocycles. The van der Waals surface area contributed by atoms with Gasteiger partial charge in [0.1, 0.15) is 0 Å². The molecule has 2 rings (SSSR count). The molecule has 1 aliphatic heterocycles. The van der Waals surface area contributed by atoms with Gasteiger partial charge in [-0.05, 0) is 13.0 Å². The summed E-state index contributed by atoms with van der Waals surface area (Å²) in [7, 11) is 0. The summed E-state index contributed by atoms with van der Waals surface area (Å²) in [6.45, 7) is 1.95. The largest absolute Gasteiger partial charge is 0.463 e. The van der Waals surface area contributed by atoms with Crippen LogP contribution in [0.15, 0.2) is 29.5 Å². The first-order valence-corrected chi connectivity index (χ1v) is 6.30. The van der Waals surface area contributed by atoms with Crippen LogP contribution in [-0.4, -0.2) is 35.3 Å². The first-order valence-electron chi connectivity index (χ1n) is 6.30. The van der Waals surface area contributed by atoms with Crippen LogP contribution in [0.1, 0.15) is 19.8 Å². The Kier molecular flexibility index (Phi) is 4.65. The van der Waals surface area contributed by atoms with E-state index in [-0.39, 0.29) is 18.9 Å². The molecule has 0 aliphatic carbocycles. The molecule has 0 bridgehead atoms. The van der Waals surface area contributed by atoms with Crippen molar-refractivity contribution in [1.29, 1.82) is 0 Å². The lowest BCUT2D eigenvalue weighted by Gasteiger charge is -2.20. The van der Waals surface area contributed by atoms with Crippen molar-refractivity contribution < 1.29 is 19.1 Å². The van der Waals surface area contributed by atoms with Gasteiger partial charge in [-0.15, -0.1) is 0 Å². The number of aromatic nitrogens is 1. The van der Waals surface area contributed by atoms with Gasteiger partial charge in [0.2, 0.25) is 17.9 Å². The fourth-order valence-electron chi connectivity index (χ4n) is 1.68. The van der Waals surface area contributed by atoms with Crippen molar-refractivity contribution in [1.82, 2.24) is 10.4 Å². The van der Waals surface area contributed by atoms with Crippen LogP contribution < -0.4 is 10.2 Å². The fraction of sp³-hybridized carbons (Fsp3) is 0.385. The van der Waals surface area contributed by atoms with Crippen molar-refractivity contribution in [3.8, 4) is 5.88 Å². The van der Waals surface area contributed by atoms with E-state index < -0.39 is 12.1 Å². The zero-order valence-corrected chi connectivity index (χ0v) is 11.0. The van der Waals surface area contributed by atoms with E-state index in [1.54, 1.807) is 31.3 Å². The number of nitrogens with zero attached hydrogens (tertiary/aromatic N) is 2. The van der Waals surface area contributed by atoms with Crippen LogP contribution in [0.3, 0.4) is 0 Å². The summed E-state index contributed by atoms with van der Waals surface area (Å²) in [6.07, 6.45) is 1.18. The lowest BCUT2D eigenvalue weighted by molar-refractivity contribution is -0.148. The first kappa shape index (κ1) is 14.0. The highest BCUT2D eigenvalue weighted by Gasteiger charge is 2.30. The SMILES string of the molecule is CCOC(=O)C(Oc1ccccn1)C1=NNC(=O)CC1. The minimum Gasteiger partial charge on any atom is -0.463 e.